The third kappa shape index (κ3) is 3.36. The minimum atomic E-state index is 0.301. The van der Waals surface area contributed by atoms with Crippen molar-refractivity contribution >= 4 is 17.2 Å². The predicted octanol–water partition coefficient (Wildman–Crippen LogP) is 1.35. The second-order valence-electron chi connectivity index (χ2n) is 3.07. The van der Waals surface area contributed by atoms with E-state index in [4.69, 9.17) is 32.2 Å². The van der Waals surface area contributed by atoms with E-state index in [0.29, 0.717) is 35.3 Å². The summed E-state index contributed by atoms with van der Waals surface area (Å²) in [5.41, 5.74) is 6.29. The Labute approximate surface area is 100 Å². The van der Waals surface area contributed by atoms with E-state index < -0.39 is 0 Å². The smallest absolute Gasteiger partial charge is 0.133 e. The molecule has 0 heterocycles. The molecule has 0 aromatic heterocycles. The average molecular weight is 241 g/mol. The Morgan fingerprint density at radius 1 is 1.31 bits per heavy atom. The fourth-order valence-electron chi connectivity index (χ4n) is 1.19. The van der Waals surface area contributed by atoms with Gasteiger partial charge in [-0.05, 0) is 12.1 Å². The third-order valence-corrected chi connectivity index (χ3v) is 2.22. The van der Waals surface area contributed by atoms with Crippen LogP contribution in [-0.4, -0.2) is 32.4 Å². The van der Waals surface area contributed by atoms with Gasteiger partial charge in [-0.3, -0.25) is 0 Å². The van der Waals surface area contributed by atoms with Gasteiger partial charge in [-0.15, -0.1) is 0 Å². The van der Waals surface area contributed by atoms with Gasteiger partial charge >= 0.3 is 0 Å². The number of hydrogen-bond donors (Lipinski definition) is 1. The van der Waals surface area contributed by atoms with Crippen molar-refractivity contribution in [1.82, 2.24) is 0 Å². The molecule has 1 aromatic carbocycles. The standard InChI is InChI=1S/C11H15NO3S/c1-13-5-6-15-10-7-8(14-2)3-4-9(10)11(12)16/h3-4,7H,5-6H2,1-2H3,(H2,12,16). The van der Waals surface area contributed by atoms with Crippen LogP contribution in [0.25, 0.3) is 0 Å². The van der Waals surface area contributed by atoms with E-state index in [1.807, 2.05) is 0 Å². The minimum Gasteiger partial charge on any atom is -0.497 e. The fraction of sp³-hybridized carbons (Fsp3) is 0.364. The van der Waals surface area contributed by atoms with Gasteiger partial charge in [0.15, 0.2) is 0 Å². The van der Waals surface area contributed by atoms with E-state index >= 15 is 0 Å². The molecule has 0 saturated heterocycles. The van der Waals surface area contributed by atoms with Crippen molar-refractivity contribution in [1.29, 1.82) is 0 Å². The summed E-state index contributed by atoms with van der Waals surface area (Å²) in [4.78, 5) is 0.301. The van der Waals surface area contributed by atoms with Crippen LogP contribution >= 0.6 is 12.2 Å². The van der Waals surface area contributed by atoms with Crippen LogP contribution in [0.1, 0.15) is 5.56 Å². The normalized spacial score (nSPS) is 9.88. The summed E-state index contributed by atoms with van der Waals surface area (Å²) in [6.07, 6.45) is 0. The number of ether oxygens (including phenoxy) is 3. The van der Waals surface area contributed by atoms with Crippen molar-refractivity contribution in [2.45, 2.75) is 0 Å². The molecule has 0 saturated carbocycles. The monoisotopic (exact) mass is 241 g/mol. The van der Waals surface area contributed by atoms with Gasteiger partial charge in [0, 0.05) is 13.2 Å². The van der Waals surface area contributed by atoms with E-state index in [0.717, 1.165) is 0 Å². The topological polar surface area (TPSA) is 53.7 Å². The maximum atomic E-state index is 5.59. The Kier molecular flexibility index (Phi) is 5.01. The first-order valence-corrected chi connectivity index (χ1v) is 5.19. The summed E-state index contributed by atoms with van der Waals surface area (Å²) in [6, 6.07) is 5.32. The van der Waals surface area contributed by atoms with Crippen molar-refractivity contribution in [3.63, 3.8) is 0 Å². The van der Waals surface area contributed by atoms with Crippen LogP contribution in [0.5, 0.6) is 11.5 Å². The van der Waals surface area contributed by atoms with Crippen LogP contribution in [0.4, 0.5) is 0 Å². The lowest BCUT2D eigenvalue weighted by atomic mass is 10.2. The second kappa shape index (κ2) is 6.30. The molecule has 0 aliphatic heterocycles. The highest BCUT2D eigenvalue weighted by molar-refractivity contribution is 7.80. The molecule has 0 radical (unpaired) electrons. The number of thiocarbonyl (C=S) groups is 1. The largest absolute Gasteiger partial charge is 0.497 e. The molecule has 0 aliphatic rings. The van der Waals surface area contributed by atoms with Crippen molar-refractivity contribution in [2.24, 2.45) is 5.73 Å². The molecule has 0 unspecified atom stereocenters. The summed E-state index contributed by atoms with van der Waals surface area (Å²) >= 11 is 4.93. The van der Waals surface area contributed by atoms with E-state index in [9.17, 15) is 0 Å². The number of rotatable bonds is 6. The lowest BCUT2D eigenvalue weighted by Gasteiger charge is -2.11. The molecule has 4 nitrogen and oxygen atoms in total. The summed E-state index contributed by atoms with van der Waals surface area (Å²) in [5, 5.41) is 0. The SMILES string of the molecule is COCCOc1cc(OC)ccc1C(N)=S. The van der Waals surface area contributed by atoms with E-state index in [2.05, 4.69) is 0 Å². The third-order valence-electron chi connectivity index (χ3n) is 2.00. The summed E-state index contributed by atoms with van der Waals surface area (Å²) in [7, 11) is 3.21. The first-order valence-electron chi connectivity index (χ1n) is 4.78. The summed E-state index contributed by atoms with van der Waals surface area (Å²) in [6.45, 7) is 0.952. The van der Waals surface area contributed by atoms with Gasteiger partial charge in [0.05, 0.1) is 19.3 Å². The first-order chi connectivity index (χ1) is 7.69. The Balaban J connectivity index is 2.87. The number of nitrogens with two attached hydrogens (primary N) is 1. The first kappa shape index (κ1) is 12.7. The molecule has 0 amide bonds. The van der Waals surface area contributed by atoms with Crippen molar-refractivity contribution in [3.8, 4) is 11.5 Å². The second-order valence-corrected chi connectivity index (χ2v) is 3.51. The van der Waals surface area contributed by atoms with Gasteiger partial charge < -0.3 is 19.9 Å². The molecular weight excluding hydrogens is 226 g/mol. The quantitative estimate of drug-likeness (QED) is 0.602. The van der Waals surface area contributed by atoms with Gasteiger partial charge in [-0.25, -0.2) is 0 Å². The molecule has 1 rings (SSSR count). The molecule has 88 valence electrons. The van der Waals surface area contributed by atoms with Gasteiger partial charge in [-0.2, -0.15) is 0 Å². The molecule has 0 bridgehead atoms. The highest BCUT2D eigenvalue weighted by Gasteiger charge is 2.08. The van der Waals surface area contributed by atoms with E-state index in [1.165, 1.54) is 0 Å². The lowest BCUT2D eigenvalue weighted by Crippen LogP contribution is -2.13. The van der Waals surface area contributed by atoms with E-state index in [-0.39, 0.29) is 0 Å². The molecule has 16 heavy (non-hydrogen) atoms. The highest BCUT2D eigenvalue weighted by Crippen LogP contribution is 2.24. The Morgan fingerprint density at radius 2 is 2.06 bits per heavy atom. The lowest BCUT2D eigenvalue weighted by molar-refractivity contribution is 0.146. The maximum absolute atomic E-state index is 5.59. The summed E-state index contributed by atoms with van der Waals surface area (Å²) in [5.74, 6) is 1.32. The van der Waals surface area contributed by atoms with Crippen LogP contribution in [0, 0.1) is 0 Å². The van der Waals surface area contributed by atoms with Gasteiger partial charge in [0.1, 0.15) is 23.1 Å². The van der Waals surface area contributed by atoms with E-state index in [1.54, 1.807) is 32.4 Å². The zero-order valence-corrected chi connectivity index (χ0v) is 10.2. The average Bonchev–Trinajstić information content (AvgIpc) is 2.29. The zero-order chi connectivity index (χ0) is 12.0. The minimum absolute atomic E-state index is 0.301. The number of hydrogen-bond acceptors (Lipinski definition) is 4. The Bertz CT molecular complexity index is 368. The molecule has 0 fully saturated rings. The Hall–Kier alpha value is -1.33. The van der Waals surface area contributed by atoms with Gasteiger partial charge in [0.25, 0.3) is 0 Å². The molecule has 0 spiro atoms. The predicted molar refractivity (Wildman–Crippen MR) is 66.3 cm³/mol. The van der Waals surface area contributed by atoms with Crippen molar-refractivity contribution in [3.05, 3.63) is 23.8 Å². The van der Waals surface area contributed by atoms with Crippen molar-refractivity contribution in [2.75, 3.05) is 27.4 Å². The maximum Gasteiger partial charge on any atom is 0.133 e. The molecule has 1 aromatic rings. The molecule has 5 heteroatoms. The Morgan fingerprint density at radius 3 is 2.62 bits per heavy atom. The molecule has 2 N–H and O–H groups in total. The van der Waals surface area contributed by atoms with Crippen LogP contribution in [0.2, 0.25) is 0 Å². The molecule has 0 aliphatic carbocycles. The summed E-state index contributed by atoms with van der Waals surface area (Å²) < 4.78 is 15.5. The zero-order valence-electron chi connectivity index (χ0n) is 9.36. The highest BCUT2D eigenvalue weighted by atomic mass is 32.1. The van der Waals surface area contributed by atoms with Crippen LogP contribution in [-0.2, 0) is 4.74 Å². The fourth-order valence-corrected chi connectivity index (χ4v) is 1.36. The number of methoxy groups -OCH3 is 2. The van der Waals surface area contributed by atoms with Gasteiger partial charge in [0.2, 0.25) is 0 Å². The molecule has 0 atom stereocenters. The van der Waals surface area contributed by atoms with Crippen LogP contribution in [0.15, 0.2) is 18.2 Å². The molecular formula is C11H15NO3S. The van der Waals surface area contributed by atoms with Crippen molar-refractivity contribution < 1.29 is 14.2 Å². The van der Waals surface area contributed by atoms with Gasteiger partial charge in [-0.1, -0.05) is 12.2 Å². The number of benzene rings is 1. The van der Waals surface area contributed by atoms with Crippen LogP contribution in [0.3, 0.4) is 0 Å². The van der Waals surface area contributed by atoms with Crippen LogP contribution < -0.4 is 15.2 Å².